The monoisotopic (exact) mass is 656 g/mol. The van der Waals surface area contributed by atoms with Gasteiger partial charge in [-0.1, -0.05) is 105 Å². The van der Waals surface area contributed by atoms with E-state index >= 15 is 0 Å². The number of benzene rings is 4. The summed E-state index contributed by atoms with van der Waals surface area (Å²) in [6.07, 6.45) is 2.23. The van der Waals surface area contributed by atoms with E-state index in [0.717, 1.165) is 22.4 Å². The van der Waals surface area contributed by atoms with Crippen molar-refractivity contribution >= 4 is 47.7 Å². The van der Waals surface area contributed by atoms with Crippen molar-refractivity contribution in [3.63, 3.8) is 0 Å². The van der Waals surface area contributed by atoms with Crippen LogP contribution in [-0.2, 0) is 33.7 Å². The fourth-order valence-electron chi connectivity index (χ4n) is 5.55. The summed E-state index contributed by atoms with van der Waals surface area (Å²) in [5.74, 6) is 1.23. The van der Waals surface area contributed by atoms with Crippen LogP contribution >= 0.6 is 17.0 Å². The molecule has 1 aliphatic heterocycles. The van der Waals surface area contributed by atoms with Crippen LogP contribution < -0.4 is 10.4 Å². The van der Waals surface area contributed by atoms with Gasteiger partial charge in [-0.3, -0.25) is 0 Å². The molecule has 0 atom stereocenters. The molecule has 0 aliphatic carbocycles. The van der Waals surface area contributed by atoms with Crippen LogP contribution in [0.15, 0.2) is 91.0 Å². The molecule has 0 N–H and O–H groups in total. The molecule has 1 heterocycles. The number of rotatable bonds is 5. The Morgan fingerprint density at radius 2 is 1.52 bits per heavy atom. The molecule has 0 saturated heterocycles. The van der Waals surface area contributed by atoms with E-state index < -0.39 is 20.8 Å². The van der Waals surface area contributed by atoms with E-state index in [9.17, 15) is 0 Å². The number of hydrogen-bond donors (Lipinski definition) is 0. The zero-order chi connectivity index (χ0) is 28.6. The maximum Gasteiger partial charge on any atom is 0.0920 e. The van der Waals surface area contributed by atoms with Crippen LogP contribution in [0, 0.1) is 12.0 Å². The van der Waals surface area contributed by atoms with Crippen molar-refractivity contribution in [2.45, 2.75) is 53.4 Å². The Kier molecular flexibility index (Phi) is 11.6. The zero-order valence-electron chi connectivity index (χ0n) is 24.0. The van der Waals surface area contributed by atoms with Crippen molar-refractivity contribution in [2.75, 3.05) is 0 Å². The van der Waals surface area contributed by atoms with Crippen LogP contribution in [0.5, 0.6) is 0 Å². The number of hydrogen-bond acceptors (Lipinski definition) is 0. The zero-order valence-corrected chi connectivity index (χ0v) is 29.0. The maximum absolute atomic E-state index is 4.93. The number of fused-ring (bicyclic) bond motifs is 4. The fraction of sp³-hybridized carbons (Fsp3) is 0.250. The van der Waals surface area contributed by atoms with E-state index in [0.29, 0.717) is 11.8 Å². The van der Waals surface area contributed by atoms with Gasteiger partial charge in [0.05, 0.1) is 9.52 Å². The Bertz CT molecular complexity index is 1510. The first kappa shape index (κ1) is 31.1. The molecule has 4 heteroatoms. The van der Waals surface area contributed by atoms with Crippen molar-refractivity contribution in [1.29, 1.82) is 0 Å². The van der Waals surface area contributed by atoms with E-state index in [-0.39, 0.29) is 0 Å². The summed E-state index contributed by atoms with van der Waals surface area (Å²) in [6, 6.07) is 36.6. The van der Waals surface area contributed by atoms with Crippen LogP contribution in [-0.4, -0.2) is 9.52 Å². The first-order valence-electron chi connectivity index (χ1n) is 14.0. The van der Waals surface area contributed by atoms with E-state index in [1.54, 1.807) is 0 Å². The van der Waals surface area contributed by atoms with Gasteiger partial charge in [-0.05, 0) is 35.8 Å². The van der Waals surface area contributed by atoms with Crippen LogP contribution in [0.3, 0.4) is 0 Å². The molecule has 40 heavy (non-hydrogen) atoms. The average Bonchev–Trinajstić information content (AvgIpc) is 3.53. The third-order valence-corrected chi connectivity index (χ3v) is 8.62. The summed E-state index contributed by atoms with van der Waals surface area (Å²) in [6.45, 7) is 11.4. The molecule has 2 radical (unpaired) electrons. The molecular weight excluding hydrogens is 623 g/mol. The van der Waals surface area contributed by atoms with E-state index in [1.807, 2.05) is 6.07 Å². The van der Waals surface area contributed by atoms with E-state index in [4.69, 9.17) is 17.0 Å². The third-order valence-electron chi connectivity index (χ3n) is 7.25. The van der Waals surface area contributed by atoms with Gasteiger partial charge in [0, 0.05) is 0 Å². The first-order chi connectivity index (χ1) is 19.4. The molecule has 0 unspecified atom stereocenters. The van der Waals surface area contributed by atoms with Gasteiger partial charge >= 0.3 is 37.9 Å². The molecule has 1 aliphatic rings. The molecule has 202 valence electrons. The summed E-state index contributed by atoms with van der Waals surface area (Å²) in [5.41, 5.74) is 10.0. The molecule has 0 fully saturated rings. The van der Waals surface area contributed by atoms with Crippen molar-refractivity contribution < 1.29 is 20.8 Å². The topological polar surface area (TPSA) is 0 Å². The second kappa shape index (κ2) is 14.9. The van der Waals surface area contributed by atoms with Crippen molar-refractivity contribution in [2.24, 2.45) is 5.92 Å². The van der Waals surface area contributed by atoms with Gasteiger partial charge in [-0.15, -0.1) is 40.1 Å². The van der Waals surface area contributed by atoms with Crippen LogP contribution in [0.2, 0.25) is 0 Å². The van der Waals surface area contributed by atoms with Gasteiger partial charge in [0.1, 0.15) is 0 Å². The van der Waals surface area contributed by atoms with Gasteiger partial charge in [0.25, 0.3) is 0 Å². The molecule has 0 saturated carbocycles. The SMILES string of the molecule is CCc1ccc2[cH-]c(CC(C)C)cc2c1-c1ccccc1C(C)C.[Cl][Zr+2][Cl].[c-]1cccc2c1[Si]c1ccccc1-2. The fourth-order valence-corrected chi connectivity index (χ4v) is 6.86. The van der Waals surface area contributed by atoms with Gasteiger partial charge in [0.15, 0.2) is 0 Å². The Morgan fingerprint density at radius 3 is 2.23 bits per heavy atom. The van der Waals surface area contributed by atoms with Crippen molar-refractivity contribution in [3.8, 4) is 22.3 Å². The Balaban J connectivity index is 0.000000192. The molecular formula is C36H36Cl2SiZr. The van der Waals surface area contributed by atoms with Crippen molar-refractivity contribution in [3.05, 3.63) is 114 Å². The third kappa shape index (κ3) is 7.32. The second-order valence-electron chi connectivity index (χ2n) is 10.9. The summed E-state index contributed by atoms with van der Waals surface area (Å²) in [5, 5.41) is 5.64. The number of aryl methyl sites for hydroxylation is 1. The second-order valence-corrected chi connectivity index (χ2v) is 15.9. The Labute approximate surface area is 262 Å². The standard InChI is InChI=1S/C24H29.C12H7Si.2ClH.Zr/c1-6-19-11-12-20-14-18(13-16(2)3)15-23(20)24(19)22-10-8-7-9-21(22)17(4)5;1-3-7-11-9(5-1)10-6-2-4-8-12(10)13-11;;;/h7-12,14-17H,6,13H2,1-5H3;1-7H;2*1H;/q2*-1;;;+4/p-2. The van der Waals surface area contributed by atoms with E-state index in [2.05, 4.69) is 126 Å². The Morgan fingerprint density at radius 1 is 0.850 bits per heavy atom. The smallest absolute Gasteiger partial charge is 0.0920 e. The van der Waals surface area contributed by atoms with Gasteiger partial charge in [0.2, 0.25) is 0 Å². The normalized spacial score (nSPS) is 11.3. The molecule has 0 spiro atoms. The molecule has 0 bridgehead atoms. The molecule has 0 nitrogen and oxygen atoms in total. The van der Waals surface area contributed by atoms with Gasteiger partial charge in [-0.25, -0.2) is 0 Å². The predicted octanol–water partition coefficient (Wildman–Crippen LogP) is 9.61. The minimum Gasteiger partial charge on any atom is -0.184 e. The summed E-state index contributed by atoms with van der Waals surface area (Å²) in [4.78, 5) is 0. The Hall–Kier alpha value is -1.83. The van der Waals surface area contributed by atoms with Gasteiger partial charge < -0.3 is 0 Å². The van der Waals surface area contributed by atoms with Crippen LogP contribution in [0.1, 0.15) is 57.2 Å². The minimum absolute atomic E-state index is 0.534. The summed E-state index contributed by atoms with van der Waals surface area (Å²) >= 11 is -0.826. The molecule has 0 aromatic heterocycles. The predicted molar refractivity (Wildman–Crippen MR) is 174 cm³/mol. The van der Waals surface area contributed by atoms with E-state index in [1.165, 1.54) is 60.1 Å². The largest absolute Gasteiger partial charge is 0.184 e. The quantitative estimate of drug-likeness (QED) is 0.128. The average molecular weight is 659 g/mol. The first-order valence-corrected chi connectivity index (χ1v) is 21.3. The molecule has 5 aromatic carbocycles. The van der Waals surface area contributed by atoms with Crippen LogP contribution in [0.4, 0.5) is 0 Å². The van der Waals surface area contributed by atoms with Crippen molar-refractivity contribution in [1.82, 2.24) is 0 Å². The molecule has 5 aromatic rings. The summed E-state index contributed by atoms with van der Waals surface area (Å²) < 4.78 is 0. The number of halogens is 2. The summed E-state index contributed by atoms with van der Waals surface area (Å²) in [7, 11) is 10.7. The molecule has 6 rings (SSSR count). The van der Waals surface area contributed by atoms with Gasteiger partial charge in [-0.2, -0.15) is 35.5 Å². The maximum atomic E-state index is 4.93. The minimum atomic E-state index is -0.826. The van der Waals surface area contributed by atoms with Crippen LogP contribution in [0.25, 0.3) is 33.0 Å². The molecule has 0 amide bonds.